The largest absolute Gasteiger partial charge is 0.368 e. The maximum Gasteiger partial charge on any atom is 0.152 e. The third-order valence-corrected chi connectivity index (χ3v) is 3.06. The summed E-state index contributed by atoms with van der Waals surface area (Å²) in [6, 6.07) is 0. The summed E-state index contributed by atoms with van der Waals surface area (Å²) in [7, 11) is 0. The molecule has 90 valence electrons. The monoisotopic (exact) mass is 218 g/mol. The molecule has 15 heavy (non-hydrogen) atoms. The van der Waals surface area contributed by atoms with Crippen molar-refractivity contribution in [1.82, 2.24) is 0 Å². The molecule has 1 saturated carbocycles. The Morgan fingerprint density at radius 3 is 2.40 bits per heavy atom. The van der Waals surface area contributed by atoms with Crippen LogP contribution in [-0.4, -0.2) is 36.5 Å². The summed E-state index contributed by atoms with van der Waals surface area (Å²) in [6.45, 7) is 3.45. The molecule has 1 aliphatic rings. The molecular formula is C11H22O4. The predicted octanol–water partition coefficient (Wildman–Crippen LogP) is 1.26. The van der Waals surface area contributed by atoms with Crippen molar-refractivity contribution < 1.29 is 19.7 Å². The fraction of sp³-hybridized carbons (Fsp3) is 1.00. The third-order valence-electron chi connectivity index (χ3n) is 3.06. The second-order valence-corrected chi connectivity index (χ2v) is 4.35. The molecule has 0 heterocycles. The van der Waals surface area contributed by atoms with Crippen molar-refractivity contribution in [2.75, 3.05) is 20.0 Å². The number of hydrogen-bond donors (Lipinski definition) is 2. The van der Waals surface area contributed by atoms with Crippen molar-refractivity contribution in [3.05, 3.63) is 0 Å². The highest BCUT2D eigenvalue weighted by atomic mass is 16.7. The summed E-state index contributed by atoms with van der Waals surface area (Å²) < 4.78 is 10.5. The molecular weight excluding hydrogens is 196 g/mol. The van der Waals surface area contributed by atoms with Crippen molar-refractivity contribution in [2.24, 2.45) is 5.41 Å². The average molecular weight is 218 g/mol. The van der Waals surface area contributed by atoms with Gasteiger partial charge in [0.1, 0.15) is 6.79 Å². The van der Waals surface area contributed by atoms with E-state index in [1.165, 1.54) is 0 Å². The number of aliphatic hydroxyl groups is 2. The quantitative estimate of drug-likeness (QED) is 0.499. The van der Waals surface area contributed by atoms with Crippen LogP contribution in [0.2, 0.25) is 0 Å². The minimum atomic E-state index is -1.22. The zero-order chi connectivity index (χ0) is 11.1. The Hall–Kier alpha value is -0.160. The van der Waals surface area contributed by atoms with Crippen LogP contribution in [-0.2, 0) is 9.47 Å². The van der Waals surface area contributed by atoms with Gasteiger partial charge in [-0.1, -0.05) is 12.8 Å². The number of rotatable bonds is 7. The average Bonchev–Trinajstić information content (AvgIpc) is 2.61. The van der Waals surface area contributed by atoms with Gasteiger partial charge >= 0.3 is 0 Å². The van der Waals surface area contributed by atoms with E-state index >= 15 is 0 Å². The highest BCUT2D eigenvalue weighted by Gasteiger charge is 2.35. The lowest BCUT2D eigenvalue weighted by Gasteiger charge is -2.29. The molecule has 0 unspecified atom stereocenters. The summed E-state index contributed by atoms with van der Waals surface area (Å²) in [5.74, 6) is 0. The highest BCUT2D eigenvalue weighted by molar-refractivity contribution is 4.84. The van der Waals surface area contributed by atoms with Gasteiger partial charge in [-0.05, 0) is 25.2 Å². The molecule has 2 N–H and O–H groups in total. The van der Waals surface area contributed by atoms with Gasteiger partial charge in [-0.3, -0.25) is 0 Å². The van der Waals surface area contributed by atoms with Gasteiger partial charge in [0, 0.05) is 13.0 Å². The van der Waals surface area contributed by atoms with Crippen LogP contribution < -0.4 is 0 Å². The SMILES string of the molecule is CCOCOCC1(CC(O)O)CCCC1. The lowest BCUT2D eigenvalue weighted by atomic mass is 9.83. The molecule has 4 nitrogen and oxygen atoms in total. The standard InChI is InChI=1S/C11H22O4/c1-2-14-9-15-8-11(7-10(12)13)5-3-4-6-11/h10,12-13H,2-9H2,1H3. The maximum atomic E-state index is 9.05. The zero-order valence-corrected chi connectivity index (χ0v) is 9.45. The molecule has 4 heteroatoms. The lowest BCUT2D eigenvalue weighted by Crippen LogP contribution is -2.29. The van der Waals surface area contributed by atoms with E-state index in [4.69, 9.17) is 19.7 Å². The van der Waals surface area contributed by atoms with Gasteiger partial charge in [0.05, 0.1) is 6.61 Å². The van der Waals surface area contributed by atoms with Gasteiger partial charge in [-0.25, -0.2) is 0 Å². The van der Waals surface area contributed by atoms with E-state index in [1.807, 2.05) is 6.92 Å². The van der Waals surface area contributed by atoms with Crippen LogP contribution in [0.15, 0.2) is 0 Å². The van der Waals surface area contributed by atoms with E-state index < -0.39 is 6.29 Å². The molecule has 0 radical (unpaired) electrons. The fourth-order valence-corrected chi connectivity index (χ4v) is 2.32. The Balaban J connectivity index is 2.29. The number of aliphatic hydroxyl groups excluding tert-OH is 1. The molecule has 0 atom stereocenters. The van der Waals surface area contributed by atoms with E-state index in [-0.39, 0.29) is 5.41 Å². The molecule has 0 amide bonds. The van der Waals surface area contributed by atoms with Gasteiger partial charge in [-0.2, -0.15) is 0 Å². The minimum absolute atomic E-state index is 0.0364. The van der Waals surface area contributed by atoms with Crippen LogP contribution in [0.3, 0.4) is 0 Å². The first kappa shape index (κ1) is 12.9. The van der Waals surface area contributed by atoms with Crippen molar-refractivity contribution in [2.45, 2.75) is 45.3 Å². The first-order chi connectivity index (χ1) is 7.18. The van der Waals surface area contributed by atoms with Crippen LogP contribution >= 0.6 is 0 Å². The van der Waals surface area contributed by atoms with E-state index in [1.54, 1.807) is 0 Å². The molecule has 0 aliphatic heterocycles. The molecule has 0 aromatic rings. The molecule has 0 saturated heterocycles. The molecule has 0 aromatic heterocycles. The minimum Gasteiger partial charge on any atom is -0.368 e. The zero-order valence-electron chi connectivity index (χ0n) is 9.45. The van der Waals surface area contributed by atoms with Crippen LogP contribution in [0, 0.1) is 5.41 Å². The summed E-state index contributed by atoms with van der Waals surface area (Å²) >= 11 is 0. The van der Waals surface area contributed by atoms with Gasteiger partial charge in [-0.15, -0.1) is 0 Å². The van der Waals surface area contributed by atoms with Gasteiger partial charge in [0.25, 0.3) is 0 Å². The van der Waals surface area contributed by atoms with Crippen LogP contribution in [0.4, 0.5) is 0 Å². The van der Waals surface area contributed by atoms with E-state index in [9.17, 15) is 0 Å². The maximum absolute atomic E-state index is 9.05. The second kappa shape index (κ2) is 6.43. The van der Waals surface area contributed by atoms with Crippen LogP contribution in [0.5, 0.6) is 0 Å². The Morgan fingerprint density at radius 1 is 1.20 bits per heavy atom. The molecule has 1 fully saturated rings. The Morgan fingerprint density at radius 2 is 1.87 bits per heavy atom. The van der Waals surface area contributed by atoms with Crippen LogP contribution in [0.25, 0.3) is 0 Å². The summed E-state index contributed by atoms with van der Waals surface area (Å²) in [5, 5.41) is 18.1. The first-order valence-corrected chi connectivity index (χ1v) is 5.70. The number of ether oxygens (including phenoxy) is 2. The normalized spacial score (nSPS) is 20.0. The van der Waals surface area contributed by atoms with Gasteiger partial charge in [0.2, 0.25) is 0 Å². The van der Waals surface area contributed by atoms with E-state index in [2.05, 4.69) is 0 Å². The predicted molar refractivity (Wildman–Crippen MR) is 56.2 cm³/mol. The lowest BCUT2D eigenvalue weighted by molar-refractivity contribution is -0.114. The van der Waals surface area contributed by atoms with Crippen LogP contribution in [0.1, 0.15) is 39.0 Å². The van der Waals surface area contributed by atoms with Crippen molar-refractivity contribution in [3.63, 3.8) is 0 Å². The summed E-state index contributed by atoms with van der Waals surface area (Å²) in [4.78, 5) is 0. The number of hydrogen-bond acceptors (Lipinski definition) is 4. The molecule has 1 aliphatic carbocycles. The summed E-state index contributed by atoms with van der Waals surface area (Å²) in [5.41, 5.74) is -0.0364. The van der Waals surface area contributed by atoms with Crippen molar-refractivity contribution in [1.29, 1.82) is 0 Å². The molecule has 0 aromatic carbocycles. The fourth-order valence-electron chi connectivity index (χ4n) is 2.32. The van der Waals surface area contributed by atoms with Crippen molar-refractivity contribution in [3.8, 4) is 0 Å². The smallest absolute Gasteiger partial charge is 0.152 e. The first-order valence-electron chi connectivity index (χ1n) is 5.70. The molecule has 0 spiro atoms. The topological polar surface area (TPSA) is 58.9 Å². The summed E-state index contributed by atoms with van der Waals surface area (Å²) in [6.07, 6.45) is 3.56. The molecule has 1 rings (SSSR count). The van der Waals surface area contributed by atoms with Crippen molar-refractivity contribution >= 4 is 0 Å². The third kappa shape index (κ3) is 4.47. The molecule has 0 bridgehead atoms. The van der Waals surface area contributed by atoms with E-state index in [0.717, 1.165) is 25.7 Å². The van der Waals surface area contributed by atoms with Gasteiger partial charge < -0.3 is 19.7 Å². The Labute approximate surface area is 91.2 Å². The van der Waals surface area contributed by atoms with E-state index in [0.29, 0.717) is 26.4 Å². The Kier molecular flexibility index (Phi) is 5.53. The van der Waals surface area contributed by atoms with Gasteiger partial charge in [0.15, 0.2) is 6.29 Å². The Bertz CT molecular complexity index is 164. The second-order valence-electron chi connectivity index (χ2n) is 4.35. The highest BCUT2D eigenvalue weighted by Crippen LogP contribution is 2.41.